The average Bonchev–Trinajstić information content (AvgIpc) is 2.76. The molecule has 1 aliphatic heterocycles. The smallest absolute Gasteiger partial charge is 0.0667 e. The van der Waals surface area contributed by atoms with Gasteiger partial charge in [0.15, 0.2) is 0 Å². The van der Waals surface area contributed by atoms with Gasteiger partial charge < -0.3 is 10.0 Å². The summed E-state index contributed by atoms with van der Waals surface area (Å²) in [5.74, 6) is 0. The van der Waals surface area contributed by atoms with E-state index in [0.29, 0.717) is 0 Å². The van der Waals surface area contributed by atoms with E-state index in [9.17, 15) is 5.11 Å². The summed E-state index contributed by atoms with van der Waals surface area (Å²) in [6, 6.07) is 0. The first-order chi connectivity index (χ1) is 7.83. The van der Waals surface area contributed by atoms with E-state index in [1.54, 1.807) is 0 Å². The predicted octanol–water partition coefficient (Wildman–Crippen LogP) is 3.19. The lowest BCUT2D eigenvalue weighted by Gasteiger charge is -2.19. The molecule has 0 amide bonds. The first-order valence-electron chi connectivity index (χ1n) is 7.23. The van der Waals surface area contributed by atoms with Crippen LogP contribution in [0.1, 0.15) is 64.7 Å². The second kappa shape index (κ2) is 9.00. The van der Waals surface area contributed by atoms with Crippen molar-refractivity contribution in [3.63, 3.8) is 0 Å². The molecule has 0 spiro atoms. The van der Waals surface area contributed by atoms with Gasteiger partial charge in [0.05, 0.1) is 6.10 Å². The Kier molecular flexibility index (Phi) is 7.87. The maximum absolute atomic E-state index is 9.87. The van der Waals surface area contributed by atoms with Crippen molar-refractivity contribution in [2.75, 3.05) is 19.6 Å². The van der Waals surface area contributed by atoms with Crippen LogP contribution in [0.25, 0.3) is 0 Å². The van der Waals surface area contributed by atoms with Crippen molar-refractivity contribution in [3.05, 3.63) is 0 Å². The first kappa shape index (κ1) is 14.0. The van der Waals surface area contributed by atoms with Gasteiger partial charge in [0.25, 0.3) is 0 Å². The van der Waals surface area contributed by atoms with Crippen LogP contribution in [0.5, 0.6) is 0 Å². The lowest BCUT2D eigenvalue weighted by atomic mass is 10.1. The zero-order valence-corrected chi connectivity index (χ0v) is 11.0. The molecule has 0 saturated carbocycles. The highest BCUT2D eigenvalue weighted by atomic mass is 16.3. The summed E-state index contributed by atoms with van der Waals surface area (Å²) in [5.41, 5.74) is 0. The van der Waals surface area contributed by atoms with Gasteiger partial charge in [0.1, 0.15) is 0 Å². The predicted molar refractivity (Wildman–Crippen MR) is 69.7 cm³/mol. The van der Waals surface area contributed by atoms with E-state index in [4.69, 9.17) is 0 Å². The van der Waals surface area contributed by atoms with E-state index < -0.39 is 0 Å². The number of hydrogen-bond acceptors (Lipinski definition) is 2. The standard InChI is InChI=1S/C14H29NO/c1-2-3-4-5-6-7-10-14(16)13-15-11-8-9-12-15/h14,16H,2-13H2,1H3. The zero-order chi connectivity index (χ0) is 11.6. The first-order valence-corrected chi connectivity index (χ1v) is 7.23. The Morgan fingerprint density at radius 3 is 2.31 bits per heavy atom. The van der Waals surface area contributed by atoms with Crippen molar-refractivity contribution in [3.8, 4) is 0 Å². The van der Waals surface area contributed by atoms with Crippen LogP contribution in [0.4, 0.5) is 0 Å². The zero-order valence-electron chi connectivity index (χ0n) is 11.0. The van der Waals surface area contributed by atoms with Crippen molar-refractivity contribution in [1.29, 1.82) is 0 Å². The fourth-order valence-corrected chi connectivity index (χ4v) is 2.51. The molecule has 1 fully saturated rings. The Morgan fingerprint density at radius 2 is 1.62 bits per heavy atom. The molecular weight excluding hydrogens is 198 g/mol. The topological polar surface area (TPSA) is 23.5 Å². The molecule has 1 aliphatic rings. The highest BCUT2D eigenvalue weighted by Gasteiger charge is 2.14. The number of unbranched alkanes of at least 4 members (excludes halogenated alkanes) is 5. The van der Waals surface area contributed by atoms with Gasteiger partial charge in [-0.1, -0.05) is 45.4 Å². The molecule has 96 valence electrons. The largest absolute Gasteiger partial charge is 0.392 e. The summed E-state index contributed by atoms with van der Waals surface area (Å²) >= 11 is 0. The molecule has 0 aromatic carbocycles. The summed E-state index contributed by atoms with van der Waals surface area (Å²) in [5, 5.41) is 9.87. The van der Waals surface area contributed by atoms with Gasteiger partial charge in [0, 0.05) is 6.54 Å². The van der Waals surface area contributed by atoms with Crippen LogP contribution in [0.2, 0.25) is 0 Å². The van der Waals surface area contributed by atoms with Gasteiger partial charge in [-0.25, -0.2) is 0 Å². The van der Waals surface area contributed by atoms with Crippen LogP contribution in [0, 0.1) is 0 Å². The monoisotopic (exact) mass is 227 g/mol. The molecule has 0 aromatic heterocycles. The van der Waals surface area contributed by atoms with Crippen LogP contribution in [-0.4, -0.2) is 35.7 Å². The summed E-state index contributed by atoms with van der Waals surface area (Å²) in [4.78, 5) is 2.40. The number of likely N-dealkylation sites (tertiary alicyclic amines) is 1. The van der Waals surface area contributed by atoms with E-state index in [1.807, 2.05) is 0 Å². The SMILES string of the molecule is CCCCCCCCC(O)CN1CCCC1. The number of aliphatic hydroxyl groups excluding tert-OH is 1. The number of β-amino-alcohol motifs (C(OH)–C–C–N with tert-alkyl or cyclic N) is 1. The molecule has 2 heteroatoms. The van der Waals surface area contributed by atoms with Gasteiger partial charge in [-0.2, -0.15) is 0 Å². The third kappa shape index (κ3) is 6.49. The molecule has 2 nitrogen and oxygen atoms in total. The quantitative estimate of drug-likeness (QED) is 0.611. The minimum atomic E-state index is -0.0794. The van der Waals surface area contributed by atoms with E-state index in [0.717, 1.165) is 13.0 Å². The third-order valence-electron chi connectivity index (χ3n) is 3.56. The van der Waals surface area contributed by atoms with Crippen molar-refractivity contribution in [1.82, 2.24) is 4.90 Å². The molecule has 0 aliphatic carbocycles. The lowest BCUT2D eigenvalue weighted by Crippen LogP contribution is -2.29. The molecule has 1 heterocycles. The molecule has 0 radical (unpaired) electrons. The van der Waals surface area contributed by atoms with Crippen LogP contribution in [0.3, 0.4) is 0 Å². The molecule has 0 bridgehead atoms. The normalized spacial score (nSPS) is 19.1. The number of rotatable bonds is 9. The fourth-order valence-electron chi connectivity index (χ4n) is 2.51. The van der Waals surface area contributed by atoms with Crippen molar-refractivity contribution < 1.29 is 5.11 Å². The van der Waals surface area contributed by atoms with Crippen LogP contribution >= 0.6 is 0 Å². The van der Waals surface area contributed by atoms with Crippen LogP contribution in [0.15, 0.2) is 0 Å². The van der Waals surface area contributed by atoms with Gasteiger partial charge in [-0.15, -0.1) is 0 Å². The minimum Gasteiger partial charge on any atom is -0.392 e. The Hall–Kier alpha value is -0.0800. The Labute approximate surface area is 101 Å². The number of hydrogen-bond donors (Lipinski definition) is 1. The molecule has 16 heavy (non-hydrogen) atoms. The van der Waals surface area contributed by atoms with Crippen LogP contribution < -0.4 is 0 Å². The molecule has 1 N–H and O–H groups in total. The van der Waals surface area contributed by atoms with Crippen LogP contribution in [-0.2, 0) is 0 Å². The van der Waals surface area contributed by atoms with E-state index in [2.05, 4.69) is 11.8 Å². The maximum Gasteiger partial charge on any atom is 0.0667 e. The third-order valence-corrected chi connectivity index (χ3v) is 3.56. The van der Waals surface area contributed by atoms with Crippen molar-refractivity contribution in [2.24, 2.45) is 0 Å². The van der Waals surface area contributed by atoms with E-state index in [1.165, 1.54) is 64.5 Å². The van der Waals surface area contributed by atoms with Crippen molar-refractivity contribution >= 4 is 0 Å². The average molecular weight is 227 g/mol. The lowest BCUT2D eigenvalue weighted by molar-refractivity contribution is 0.114. The highest BCUT2D eigenvalue weighted by Crippen LogP contribution is 2.12. The van der Waals surface area contributed by atoms with Crippen molar-refractivity contribution in [2.45, 2.75) is 70.8 Å². The Balaban J connectivity index is 1.87. The summed E-state index contributed by atoms with van der Waals surface area (Å²) in [6.45, 7) is 5.57. The molecular formula is C14H29NO. The number of aliphatic hydroxyl groups is 1. The van der Waals surface area contributed by atoms with E-state index >= 15 is 0 Å². The second-order valence-corrected chi connectivity index (χ2v) is 5.22. The molecule has 1 atom stereocenters. The maximum atomic E-state index is 9.87. The summed E-state index contributed by atoms with van der Waals surface area (Å²) in [6.07, 6.45) is 11.5. The van der Waals surface area contributed by atoms with Gasteiger partial charge >= 0.3 is 0 Å². The molecule has 0 aromatic rings. The van der Waals surface area contributed by atoms with Gasteiger partial charge in [0.2, 0.25) is 0 Å². The number of nitrogens with zero attached hydrogens (tertiary/aromatic N) is 1. The van der Waals surface area contributed by atoms with Gasteiger partial charge in [-0.05, 0) is 32.4 Å². The second-order valence-electron chi connectivity index (χ2n) is 5.22. The molecule has 1 saturated heterocycles. The minimum absolute atomic E-state index is 0.0794. The van der Waals surface area contributed by atoms with E-state index in [-0.39, 0.29) is 6.10 Å². The molecule has 1 unspecified atom stereocenters. The highest BCUT2D eigenvalue weighted by molar-refractivity contribution is 4.70. The summed E-state index contributed by atoms with van der Waals surface area (Å²) < 4.78 is 0. The fraction of sp³-hybridized carbons (Fsp3) is 1.00. The Morgan fingerprint density at radius 1 is 1.00 bits per heavy atom. The summed E-state index contributed by atoms with van der Waals surface area (Å²) in [7, 11) is 0. The Bertz CT molecular complexity index is 155. The van der Waals surface area contributed by atoms with Gasteiger partial charge in [-0.3, -0.25) is 0 Å². The molecule has 1 rings (SSSR count).